The number of methoxy groups -OCH3 is 1. The summed E-state index contributed by atoms with van der Waals surface area (Å²) in [5.74, 6) is 1.40. The van der Waals surface area contributed by atoms with Crippen LogP contribution in [0.1, 0.15) is 56.2 Å². The van der Waals surface area contributed by atoms with Gasteiger partial charge in [-0.2, -0.15) is 5.10 Å². The second-order valence-electron chi connectivity index (χ2n) is 9.51. The first-order valence-corrected chi connectivity index (χ1v) is 12.4. The van der Waals surface area contributed by atoms with Crippen molar-refractivity contribution in [3.05, 3.63) is 35.7 Å². The molecule has 36 heavy (non-hydrogen) atoms. The second kappa shape index (κ2) is 11.9. The standard InChI is InChI=1S/C25H34N6O5/c1-16(32)31-9-6-17(7-10-31)15-27-25(34)36-20-4-3-19(13-20)21-14-22(30-29-21)28-23(33)11-18-5-8-26-24(12-18)35-2/h5,8,12,14,17,19-20H,3-4,6-7,9-11,13,15H2,1-2H3,(H,27,34)(H2,28,29,30,33)/t19-,20+/m1/s1. The van der Waals surface area contributed by atoms with Gasteiger partial charge >= 0.3 is 6.09 Å². The van der Waals surface area contributed by atoms with E-state index in [4.69, 9.17) is 9.47 Å². The minimum Gasteiger partial charge on any atom is -0.481 e. The molecule has 1 aliphatic heterocycles. The van der Waals surface area contributed by atoms with Crippen LogP contribution in [-0.2, 0) is 20.7 Å². The van der Waals surface area contributed by atoms with E-state index in [-0.39, 0.29) is 36.4 Å². The number of hydrogen-bond acceptors (Lipinski definition) is 7. The normalized spacial score (nSPS) is 20.1. The number of aromatic amines is 1. The zero-order chi connectivity index (χ0) is 25.5. The van der Waals surface area contributed by atoms with Crippen molar-refractivity contribution >= 4 is 23.7 Å². The summed E-state index contributed by atoms with van der Waals surface area (Å²) in [5, 5.41) is 12.9. The number of aromatic nitrogens is 3. The summed E-state index contributed by atoms with van der Waals surface area (Å²) in [6.45, 7) is 3.64. The van der Waals surface area contributed by atoms with Gasteiger partial charge in [-0.1, -0.05) is 0 Å². The maximum absolute atomic E-state index is 12.4. The smallest absolute Gasteiger partial charge is 0.407 e. The lowest BCUT2D eigenvalue weighted by molar-refractivity contribution is -0.130. The van der Waals surface area contributed by atoms with Crippen molar-refractivity contribution < 1.29 is 23.9 Å². The third-order valence-corrected chi connectivity index (χ3v) is 6.93. The molecule has 1 saturated carbocycles. The number of likely N-dealkylation sites (tertiary alicyclic amines) is 1. The Morgan fingerprint density at radius 3 is 2.72 bits per heavy atom. The average Bonchev–Trinajstić information content (AvgIpc) is 3.52. The molecule has 11 nitrogen and oxygen atoms in total. The fraction of sp³-hybridized carbons (Fsp3) is 0.560. The number of alkyl carbamates (subject to hydrolysis) is 1. The van der Waals surface area contributed by atoms with Crippen molar-refractivity contribution in [2.24, 2.45) is 5.92 Å². The number of anilines is 1. The van der Waals surface area contributed by atoms with E-state index in [1.807, 2.05) is 11.0 Å². The first kappa shape index (κ1) is 25.5. The third kappa shape index (κ3) is 6.96. The van der Waals surface area contributed by atoms with E-state index in [0.29, 0.717) is 30.6 Å². The predicted octanol–water partition coefficient (Wildman–Crippen LogP) is 2.62. The Bertz CT molecular complexity index is 1060. The van der Waals surface area contributed by atoms with Crippen molar-refractivity contribution in [3.8, 4) is 5.88 Å². The summed E-state index contributed by atoms with van der Waals surface area (Å²) in [6.07, 6.45) is 5.38. The molecule has 0 bridgehead atoms. The molecule has 11 heteroatoms. The fourth-order valence-corrected chi connectivity index (χ4v) is 4.86. The number of rotatable bonds is 8. The number of H-pyrrole nitrogens is 1. The first-order chi connectivity index (χ1) is 17.4. The van der Waals surface area contributed by atoms with Crippen molar-refractivity contribution in [1.29, 1.82) is 0 Å². The fourth-order valence-electron chi connectivity index (χ4n) is 4.86. The van der Waals surface area contributed by atoms with Gasteiger partial charge in [0.05, 0.1) is 13.5 Å². The van der Waals surface area contributed by atoms with Crippen LogP contribution in [0.2, 0.25) is 0 Å². The van der Waals surface area contributed by atoms with Crippen LogP contribution in [0.15, 0.2) is 24.4 Å². The highest BCUT2D eigenvalue weighted by Gasteiger charge is 2.30. The first-order valence-electron chi connectivity index (χ1n) is 12.4. The lowest BCUT2D eigenvalue weighted by atomic mass is 9.97. The van der Waals surface area contributed by atoms with Crippen LogP contribution in [0.3, 0.4) is 0 Å². The lowest BCUT2D eigenvalue weighted by Gasteiger charge is -2.31. The van der Waals surface area contributed by atoms with Crippen molar-refractivity contribution in [3.63, 3.8) is 0 Å². The van der Waals surface area contributed by atoms with Crippen LogP contribution in [0.25, 0.3) is 0 Å². The van der Waals surface area contributed by atoms with E-state index >= 15 is 0 Å². The molecular formula is C25H34N6O5. The highest BCUT2D eigenvalue weighted by molar-refractivity contribution is 5.91. The van der Waals surface area contributed by atoms with Gasteiger partial charge in [0.15, 0.2) is 5.82 Å². The number of hydrogen-bond donors (Lipinski definition) is 3. The highest BCUT2D eigenvalue weighted by atomic mass is 16.6. The van der Waals surface area contributed by atoms with Crippen LogP contribution in [0.5, 0.6) is 5.88 Å². The molecule has 3 N–H and O–H groups in total. The largest absolute Gasteiger partial charge is 0.481 e. The number of nitrogens with one attached hydrogen (secondary N) is 3. The summed E-state index contributed by atoms with van der Waals surface area (Å²) in [5.41, 5.74) is 1.71. The molecule has 0 aromatic carbocycles. The predicted molar refractivity (Wildman–Crippen MR) is 132 cm³/mol. The van der Waals surface area contributed by atoms with Gasteiger partial charge in [-0.3, -0.25) is 14.7 Å². The van der Waals surface area contributed by atoms with E-state index in [1.54, 1.807) is 25.3 Å². The Hall–Kier alpha value is -3.63. The maximum Gasteiger partial charge on any atom is 0.407 e. The Morgan fingerprint density at radius 2 is 1.97 bits per heavy atom. The molecular weight excluding hydrogens is 464 g/mol. The van der Waals surface area contributed by atoms with E-state index in [0.717, 1.165) is 50.0 Å². The van der Waals surface area contributed by atoms with Crippen LogP contribution < -0.4 is 15.4 Å². The quantitative estimate of drug-likeness (QED) is 0.508. The number of pyridine rings is 1. The topological polar surface area (TPSA) is 139 Å². The van der Waals surface area contributed by atoms with Gasteiger partial charge in [-0.05, 0) is 49.7 Å². The summed E-state index contributed by atoms with van der Waals surface area (Å²) in [4.78, 5) is 42.0. The Labute approximate surface area is 210 Å². The molecule has 3 amide bonds. The van der Waals surface area contributed by atoms with E-state index in [2.05, 4.69) is 25.8 Å². The average molecular weight is 499 g/mol. The Morgan fingerprint density at radius 1 is 1.17 bits per heavy atom. The molecule has 3 heterocycles. The molecule has 2 aliphatic rings. The molecule has 194 valence electrons. The summed E-state index contributed by atoms with van der Waals surface area (Å²) >= 11 is 0. The van der Waals surface area contributed by atoms with Gasteiger partial charge in [0.25, 0.3) is 0 Å². The maximum atomic E-state index is 12.4. The highest BCUT2D eigenvalue weighted by Crippen LogP contribution is 2.35. The SMILES string of the molecule is COc1cc(CC(=O)Nc2cc([C@@H]3CC[C@H](OC(=O)NCC4CCN(C(C)=O)CC4)C3)[nH]n2)ccn1. The summed E-state index contributed by atoms with van der Waals surface area (Å²) in [7, 11) is 1.53. The summed E-state index contributed by atoms with van der Waals surface area (Å²) < 4.78 is 10.7. The zero-order valence-corrected chi connectivity index (χ0v) is 20.8. The van der Waals surface area contributed by atoms with Gasteiger partial charge in [0.2, 0.25) is 17.7 Å². The van der Waals surface area contributed by atoms with Crippen LogP contribution in [0, 0.1) is 5.92 Å². The van der Waals surface area contributed by atoms with Crippen LogP contribution in [-0.4, -0.2) is 70.8 Å². The monoisotopic (exact) mass is 498 g/mol. The molecule has 0 spiro atoms. The van der Waals surface area contributed by atoms with Gasteiger partial charge in [-0.15, -0.1) is 0 Å². The summed E-state index contributed by atoms with van der Waals surface area (Å²) in [6, 6.07) is 5.33. The van der Waals surface area contributed by atoms with E-state index in [9.17, 15) is 14.4 Å². The Kier molecular flexibility index (Phi) is 8.40. The third-order valence-electron chi connectivity index (χ3n) is 6.93. The molecule has 1 aliphatic carbocycles. The number of amides is 3. The molecule has 0 radical (unpaired) electrons. The number of carbonyl (C=O) groups is 3. The lowest BCUT2D eigenvalue weighted by Crippen LogP contribution is -2.41. The second-order valence-corrected chi connectivity index (χ2v) is 9.51. The molecule has 2 aromatic heterocycles. The molecule has 4 rings (SSSR count). The molecule has 1 saturated heterocycles. The molecule has 2 atom stereocenters. The number of piperidine rings is 1. The van der Waals surface area contributed by atoms with Crippen LogP contribution in [0.4, 0.5) is 10.6 Å². The molecule has 2 fully saturated rings. The minimum absolute atomic E-state index is 0.106. The van der Waals surface area contributed by atoms with Crippen molar-refractivity contribution in [2.45, 2.75) is 57.5 Å². The van der Waals surface area contributed by atoms with Gasteiger partial charge in [0.1, 0.15) is 6.10 Å². The van der Waals surface area contributed by atoms with Gasteiger partial charge < -0.3 is 25.0 Å². The molecule has 0 unspecified atom stereocenters. The Balaban J connectivity index is 1.18. The van der Waals surface area contributed by atoms with Gasteiger partial charge in [-0.25, -0.2) is 9.78 Å². The number of nitrogens with zero attached hydrogens (tertiary/aromatic N) is 3. The number of carbonyl (C=O) groups excluding carboxylic acids is 3. The minimum atomic E-state index is -0.389. The van der Waals surface area contributed by atoms with E-state index in [1.165, 1.54) is 7.11 Å². The van der Waals surface area contributed by atoms with Crippen LogP contribution >= 0.6 is 0 Å². The zero-order valence-electron chi connectivity index (χ0n) is 20.8. The van der Waals surface area contributed by atoms with E-state index < -0.39 is 0 Å². The molecule has 2 aromatic rings. The van der Waals surface area contributed by atoms with Crippen molar-refractivity contribution in [2.75, 3.05) is 32.1 Å². The number of ether oxygens (including phenoxy) is 2. The van der Waals surface area contributed by atoms with Gasteiger partial charge in [0, 0.05) is 56.5 Å². The van der Waals surface area contributed by atoms with Crippen molar-refractivity contribution in [1.82, 2.24) is 25.4 Å².